The van der Waals surface area contributed by atoms with E-state index in [0.717, 1.165) is 36.5 Å². The quantitative estimate of drug-likeness (QED) is 0.661. The third-order valence-electron chi connectivity index (χ3n) is 6.45. The first-order valence-electron chi connectivity index (χ1n) is 11.3. The second-order valence-corrected chi connectivity index (χ2v) is 9.12. The Kier molecular flexibility index (Phi) is 6.70. The largest absolute Gasteiger partial charge is 0.491 e. The van der Waals surface area contributed by atoms with Gasteiger partial charge in [0.1, 0.15) is 24.7 Å². The summed E-state index contributed by atoms with van der Waals surface area (Å²) in [5.41, 5.74) is 4.65. The number of ether oxygens (including phenoxy) is 1. The van der Waals surface area contributed by atoms with Gasteiger partial charge < -0.3 is 25.2 Å². The first kappa shape index (κ1) is 21.9. The van der Waals surface area contributed by atoms with Gasteiger partial charge in [0.2, 0.25) is 0 Å². The summed E-state index contributed by atoms with van der Waals surface area (Å²) in [6.07, 6.45) is 0.496. The van der Waals surface area contributed by atoms with Crippen molar-refractivity contribution in [3.05, 3.63) is 53.6 Å². The van der Waals surface area contributed by atoms with Gasteiger partial charge in [-0.1, -0.05) is 17.7 Å². The van der Waals surface area contributed by atoms with Crippen LogP contribution in [-0.2, 0) is 6.42 Å². The van der Waals surface area contributed by atoms with Gasteiger partial charge in [-0.2, -0.15) is 0 Å². The number of piperazine rings is 1. The summed E-state index contributed by atoms with van der Waals surface area (Å²) in [5, 5.41) is 23.4. The standard InChI is InChI=1S/C25H35N3O3/c1-17-4-7-21(8-5-17)27-13-18(2)28(19(3)14-27)15-22(29)16-31-23-9-10-24-20(12-23)6-11-25(30)26-24/h4-5,7-10,12,18-19,22,25-26,29-30H,6,11,13-16H2,1-3H3/t18-,19?,22+,25?/m1/s1. The van der Waals surface area contributed by atoms with Crippen molar-refractivity contribution in [2.24, 2.45) is 0 Å². The van der Waals surface area contributed by atoms with E-state index in [9.17, 15) is 10.2 Å². The lowest BCUT2D eigenvalue weighted by molar-refractivity contribution is 0.0318. The molecule has 0 bridgehead atoms. The Morgan fingerprint density at radius 2 is 1.81 bits per heavy atom. The van der Waals surface area contributed by atoms with Crippen LogP contribution in [-0.4, -0.2) is 65.8 Å². The number of aliphatic hydroxyl groups excluding tert-OH is 2. The van der Waals surface area contributed by atoms with E-state index in [1.54, 1.807) is 0 Å². The topological polar surface area (TPSA) is 68.2 Å². The summed E-state index contributed by atoms with van der Waals surface area (Å²) >= 11 is 0. The number of benzene rings is 2. The number of β-amino-alcohol motifs (C(OH)–C–C–N with tert-alkyl or cyclic N) is 1. The highest BCUT2D eigenvalue weighted by Crippen LogP contribution is 2.28. The van der Waals surface area contributed by atoms with Crippen molar-refractivity contribution in [2.45, 2.75) is 58.0 Å². The fraction of sp³-hybridized carbons (Fsp3) is 0.520. The van der Waals surface area contributed by atoms with Crippen LogP contribution in [0.5, 0.6) is 5.75 Å². The molecule has 1 saturated heterocycles. The lowest BCUT2D eigenvalue weighted by atomic mass is 10.0. The van der Waals surface area contributed by atoms with Crippen LogP contribution in [0.1, 0.15) is 31.4 Å². The lowest BCUT2D eigenvalue weighted by Gasteiger charge is -2.46. The van der Waals surface area contributed by atoms with Gasteiger partial charge >= 0.3 is 0 Å². The fourth-order valence-corrected chi connectivity index (χ4v) is 4.72. The van der Waals surface area contributed by atoms with Gasteiger partial charge in [-0.25, -0.2) is 0 Å². The van der Waals surface area contributed by atoms with Gasteiger partial charge in [0.15, 0.2) is 0 Å². The van der Waals surface area contributed by atoms with Crippen LogP contribution in [0, 0.1) is 6.92 Å². The molecule has 0 amide bonds. The number of nitrogens with one attached hydrogen (secondary N) is 1. The number of aliphatic hydroxyl groups is 2. The molecule has 0 aliphatic carbocycles. The maximum absolute atomic E-state index is 10.7. The van der Waals surface area contributed by atoms with E-state index in [1.165, 1.54) is 11.3 Å². The van der Waals surface area contributed by atoms with Gasteiger partial charge in [-0.05, 0) is 69.5 Å². The highest BCUT2D eigenvalue weighted by Gasteiger charge is 2.31. The highest BCUT2D eigenvalue weighted by molar-refractivity contribution is 5.56. The predicted octanol–water partition coefficient (Wildman–Crippen LogP) is 3.01. The number of nitrogens with zero attached hydrogens (tertiary/aromatic N) is 2. The smallest absolute Gasteiger partial charge is 0.124 e. The molecule has 2 aromatic carbocycles. The van der Waals surface area contributed by atoms with E-state index >= 15 is 0 Å². The van der Waals surface area contributed by atoms with Gasteiger partial charge in [0.25, 0.3) is 0 Å². The summed E-state index contributed by atoms with van der Waals surface area (Å²) in [6, 6.07) is 15.3. The summed E-state index contributed by atoms with van der Waals surface area (Å²) in [6.45, 7) is 9.34. The molecule has 4 rings (SSSR count). The van der Waals surface area contributed by atoms with Crippen LogP contribution in [0.25, 0.3) is 0 Å². The molecule has 168 valence electrons. The summed E-state index contributed by atoms with van der Waals surface area (Å²) < 4.78 is 5.90. The molecule has 0 aromatic heterocycles. The molecule has 6 heteroatoms. The molecule has 2 aromatic rings. The third-order valence-corrected chi connectivity index (χ3v) is 6.45. The van der Waals surface area contributed by atoms with Crippen LogP contribution in [0.2, 0.25) is 0 Å². The number of aryl methyl sites for hydroxylation is 2. The Labute approximate surface area is 185 Å². The predicted molar refractivity (Wildman–Crippen MR) is 125 cm³/mol. The van der Waals surface area contributed by atoms with Crippen LogP contribution < -0.4 is 15.0 Å². The molecular formula is C25H35N3O3. The fourth-order valence-electron chi connectivity index (χ4n) is 4.72. The minimum Gasteiger partial charge on any atom is -0.491 e. The molecular weight excluding hydrogens is 390 g/mol. The zero-order chi connectivity index (χ0) is 22.0. The lowest BCUT2D eigenvalue weighted by Crippen LogP contribution is -2.58. The van der Waals surface area contributed by atoms with Crippen LogP contribution in [0.15, 0.2) is 42.5 Å². The molecule has 2 unspecified atom stereocenters. The first-order valence-corrected chi connectivity index (χ1v) is 11.3. The molecule has 0 spiro atoms. The summed E-state index contributed by atoms with van der Waals surface area (Å²) in [4.78, 5) is 4.82. The number of hydrogen-bond acceptors (Lipinski definition) is 6. The van der Waals surface area contributed by atoms with Crippen molar-refractivity contribution in [3.63, 3.8) is 0 Å². The van der Waals surface area contributed by atoms with E-state index in [-0.39, 0.29) is 6.61 Å². The third kappa shape index (κ3) is 5.32. The van der Waals surface area contributed by atoms with Gasteiger partial charge in [-0.3, -0.25) is 4.90 Å². The second kappa shape index (κ2) is 9.47. The highest BCUT2D eigenvalue weighted by atomic mass is 16.5. The van der Waals surface area contributed by atoms with E-state index in [0.29, 0.717) is 25.0 Å². The average Bonchev–Trinajstić information content (AvgIpc) is 2.75. The van der Waals surface area contributed by atoms with Crippen molar-refractivity contribution in [1.29, 1.82) is 0 Å². The molecule has 6 nitrogen and oxygen atoms in total. The SMILES string of the molecule is Cc1ccc(N2CC(C)N(C[C@H](O)COc3ccc4c(c3)CCC(O)N4)[C@H](C)C2)cc1. The Morgan fingerprint density at radius 1 is 1.10 bits per heavy atom. The minimum absolute atomic E-state index is 0.270. The molecule has 4 atom stereocenters. The molecule has 1 fully saturated rings. The monoisotopic (exact) mass is 425 g/mol. The zero-order valence-electron chi connectivity index (χ0n) is 18.8. The van der Waals surface area contributed by atoms with Gasteiger partial charge in [0.05, 0.1) is 0 Å². The normalized spacial score (nSPS) is 24.9. The Morgan fingerprint density at radius 3 is 2.52 bits per heavy atom. The number of rotatable bonds is 6. The molecule has 31 heavy (non-hydrogen) atoms. The Bertz CT molecular complexity index is 861. The van der Waals surface area contributed by atoms with E-state index in [2.05, 4.69) is 60.2 Å². The van der Waals surface area contributed by atoms with E-state index < -0.39 is 12.3 Å². The summed E-state index contributed by atoms with van der Waals surface area (Å²) in [7, 11) is 0. The second-order valence-electron chi connectivity index (χ2n) is 9.12. The van der Waals surface area contributed by atoms with Crippen molar-refractivity contribution >= 4 is 11.4 Å². The van der Waals surface area contributed by atoms with Crippen LogP contribution in [0.4, 0.5) is 11.4 Å². The maximum Gasteiger partial charge on any atom is 0.124 e. The van der Waals surface area contributed by atoms with Crippen molar-refractivity contribution < 1.29 is 14.9 Å². The van der Waals surface area contributed by atoms with E-state index in [4.69, 9.17) is 4.74 Å². The van der Waals surface area contributed by atoms with Crippen molar-refractivity contribution in [1.82, 2.24) is 4.90 Å². The van der Waals surface area contributed by atoms with Crippen LogP contribution in [0.3, 0.4) is 0 Å². The number of hydrogen-bond donors (Lipinski definition) is 3. The van der Waals surface area contributed by atoms with Crippen LogP contribution >= 0.6 is 0 Å². The van der Waals surface area contributed by atoms with Gasteiger partial charge in [0, 0.05) is 43.1 Å². The Balaban J connectivity index is 1.29. The molecule has 2 aliphatic heterocycles. The maximum atomic E-state index is 10.7. The summed E-state index contributed by atoms with van der Waals surface area (Å²) in [5.74, 6) is 0.765. The molecule has 0 radical (unpaired) electrons. The van der Waals surface area contributed by atoms with Gasteiger partial charge in [-0.15, -0.1) is 0 Å². The average molecular weight is 426 g/mol. The molecule has 2 aliphatic rings. The molecule has 0 saturated carbocycles. The minimum atomic E-state index is -0.549. The number of fused-ring (bicyclic) bond motifs is 1. The molecule has 3 N–H and O–H groups in total. The number of anilines is 2. The first-order chi connectivity index (χ1) is 14.9. The van der Waals surface area contributed by atoms with E-state index in [1.807, 2.05) is 18.2 Å². The zero-order valence-corrected chi connectivity index (χ0v) is 18.8. The van der Waals surface area contributed by atoms with Crippen molar-refractivity contribution in [2.75, 3.05) is 36.5 Å². The Hall–Kier alpha value is -2.28. The van der Waals surface area contributed by atoms with Crippen molar-refractivity contribution in [3.8, 4) is 5.75 Å². The molecule has 2 heterocycles.